The molecule has 9 heteroatoms. The Bertz CT molecular complexity index is 1350. The van der Waals surface area contributed by atoms with Gasteiger partial charge in [-0.2, -0.15) is 0 Å². The Kier molecular flexibility index (Phi) is 7.25. The maximum Gasteiger partial charge on any atom is 0.234 e. The Morgan fingerprint density at radius 2 is 1.19 bits per heavy atom. The third-order valence-electron chi connectivity index (χ3n) is 11.5. The molecule has 4 aliphatic carbocycles. The first-order valence-electron chi connectivity index (χ1n) is 16.2. The van der Waals surface area contributed by atoms with E-state index in [1.54, 1.807) is 21.9 Å². The number of methoxy groups -OCH3 is 2. The van der Waals surface area contributed by atoms with E-state index in [4.69, 9.17) is 9.47 Å². The summed E-state index contributed by atoms with van der Waals surface area (Å²) in [6.45, 7) is 0. The molecule has 6 aliphatic rings. The van der Waals surface area contributed by atoms with Crippen molar-refractivity contribution in [1.29, 1.82) is 0 Å². The number of phenolic OH excluding ortho intramolecular Hbond substituents is 1. The fourth-order valence-electron chi connectivity index (χ4n) is 9.50. The second-order valence-electron chi connectivity index (χ2n) is 13.5. The number of likely N-dealkylation sites (tertiary alicyclic amines) is 2. The molecule has 2 aliphatic heterocycles. The van der Waals surface area contributed by atoms with Crippen molar-refractivity contribution in [1.82, 2.24) is 9.80 Å². The number of rotatable bonds is 5. The van der Waals surface area contributed by atoms with Crippen molar-refractivity contribution in [3.63, 3.8) is 0 Å². The molecule has 0 aromatic heterocycles. The quantitative estimate of drug-likeness (QED) is 0.390. The summed E-state index contributed by atoms with van der Waals surface area (Å²) < 4.78 is 11.0. The van der Waals surface area contributed by atoms with E-state index in [1.165, 1.54) is 14.2 Å². The number of hydrogen-bond donors (Lipinski definition) is 1. The van der Waals surface area contributed by atoms with Gasteiger partial charge in [0, 0.05) is 18.0 Å². The van der Waals surface area contributed by atoms with Crippen LogP contribution in [0.3, 0.4) is 0 Å². The monoisotopic (exact) mass is 590 g/mol. The zero-order valence-corrected chi connectivity index (χ0v) is 25.1. The van der Waals surface area contributed by atoms with Crippen LogP contribution in [0, 0.1) is 29.6 Å². The number of hydrogen-bond acceptors (Lipinski definition) is 7. The van der Waals surface area contributed by atoms with Crippen LogP contribution in [0.1, 0.15) is 88.5 Å². The van der Waals surface area contributed by atoms with Crippen molar-refractivity contribution in [2.75, 3.05) is 14.2 Å². The van der Waals surface area contributed by atoms with Gasteiger partial charge < -0.3 is 14.6 Å². The molecular formula is C34H42N2O7. The van der Waals surface area contributed by atoms with Crippen molar-refractivity contribution in [3.05, 3.63) is 29.3 Å². The molecule has 2 saturated heterocycles. The molecule has 0 unspecified atom stereocenters. The molecule has 9 nitrogen and oxygen atoms in total. The number of imide groups is 2. The smallest absolute Gasteiger partial charge is 0.234 e. The predicted octanol–water partition coefficient (Wildman–Crippen LogP) is 4.71. The van der Waals surface area contributed by atoms with Gasteiger partial charge in [-0.3, -0.25) is 29.0 Å². The van der Waals surface area contributed by atoms with Gasteiger partial charge in [-0.15, -0.1) is 0 Å². The first-order valence-corrected chi connectivity index (χ1v) is 16.2. The van der Waals surface area contributed by atoms with Gasteiger partial charge in [0.25, 0.3) is 0 Å². The molecule has 4 amide bonds. The number of benzene rings is 1. The second-order valence-corrected chi connectivity index (χ2v) is 13.5. The number of ether oxygens (including phenoxy) is 2. The molecular weight excluding hydrogens is 548 g/mol. The van der Waals surface area contributed by atoms with Crippen molar-refractivity contribution < 1.29 is 33.8 Å². The molecule has 1 aromatic carbocycles. The van der Waals surface area contributed by atoms with Crippen LogP contribution in [0.5, 0.6) is 17.2 Å². The maximum absolute atomic E-state index is 14.3. The van der Waals surface area contributed by atoms with Crippen LogP contribution >= 0.6 is 0 Å². The van der Waals surface area contributed by atoms with Crippen molar-refractivity contribution in [3.8, 4) is 17.2 Å². The molecule has 43 heavy (non-hydrogen) atoms. The number of amides is 4. The van der Waals surface area contributed by atoms with E-state index in [0.29, 0.717) is 18.4 Å². The predicted molar refractivity (Wildman–Crippen MR) is 156 cm³/mol. The molecule has 0 bridgehead atoms. The lowest BCUT2D eigenvalue weighted by Gasteiger charge is -2.44. The number of allylic oxidation sites excluding steroid dienone is 2. The average molecular weight is 591 g/mol. The van der Waals surface area contributed by atoms with Gasteiger partial charge >= 0.3 is 0 Å². The van der Waals surface area contributed by atoms with E-state index in [2.05, 4.69) is 6.08 Å². The number of carbonyl (C=O) groups excluding carboxylic acids is 4. The number of carbonyl (C=O) groups is 4. The Morgan fingerprint density at radius 3 is 1.72 bits per heavy atom. The standard InChI is InChI=1S/C34H42N2O7/c1-42-25-15-18(16-26(43-2)30(25)37)27-21-13-14-22-28(33(40)35(31(22)38)19-9-5-3-6-10-19)23(21)17-24-29(27)34(41)36(32(24)39)20-11-7-4-8-12-20/h13,15-16,19-20,22-24,27-29,37H,3-12,14,17H2,1-2H3/t22-,23+,24+,27-,28-,29+/m0/s1. The average Bonchev–Trinajstić information content (AvgIpc) is 3.44. The molecule has 230 valence electrons. The first-order chi connectivity index (χ1) is 20.8. The Balaban J connectivity index is 1.32. The lowest BCUT2D eigenvalue weighted by molar-refractivity contribution is -0.145. The molecule has 3 saturated carbocycles. The van der Waals surface area contributed by atoms with E-state index in [-0.39, 0.29) is 58.9 Å². The number of aromatic hydroxyl groups is 1. The molecule has 0 radical (unpaired) electrons. The number of fused-ring (bicyclic) bond motifs is 4. The Morgan fingerprint density at radius 1 is 0.674 bits per heavy atom. The molecule has 1 N–H and O–H groups in total. The van der Waals surface area contributed by atoms with Gasteiger partial charge in [0.15, 0.2) is 11.5 Å². The van der Waals surface area contributed by atoms with E-state index in [1.807, 2.05) is 0 Å². The SMILES string of the molecule is COc1cc([C@H]2C3=CC[C@@H]4C(=O)N(C5CCCCC5)C(=O)[C@@H]4[C@@H]3C[C@H]3C(=O)N(C4CCCCC4)C(=O)[C@@H]23)cc(OC)c1O. The summed E-state index contributed by atoms with van der Waals surface area (Å²) in [5.74, 6) is -3.08. The lowest BCUT2D eigenvalue weighted by Crippen LogP contribution is -2.44. The highest BCUT2D eigenvalue weighted by molar-refractivity contribution is 6.08. The zero-order valence-electron chi connectivity index (χ0n) is 25.1. The third kappa shape index (κ3) is 4.32. The second kappa shape index (κ2) is 11.0. The van der Waals surface area contributed by atoms with Gasteiger partial charge in [0.2, 0.25) is 29.4 Å². The first kappa shape index (κ1) is 28.4. The zero-order chi connectivity index (χ0) is 30.0. The topological polar surface area (TPSA) is 113 Å². The maximum atomic E-state index is 14.3. The normalized spacial score (nSPS) is 33.3. The highest BCUT2D eigenvalue weighted by Gasteiger charge is 2.63. The Hall–Kier alpha value is -3.36. The largest absolute Gasteiger partial charge is 0.502 e. The summed E-state index contributed by atoms with van der Waals surface area (Å²) in [6, 6.07) is 3.32. The fourth-order valence-corrected chi connectivity index (χ4v) is 9.50. The van der Waals surface area contributed by atoms with Crippen molar-refractivity contribution in [2.45, 2.75) is 95.1 Å². The van der Waals surface area contributed by atoms with Gasteiger partial charge in [-0.1, -0.05) is 50.2 Å². The third-order valence-corrected chi connectivity index (χ3v) is 11.5. The summed E-state index contributed by atoms with van der Waals surface area (Å²) >= 11 is 0. The van der Waals surface area contributed by atoms with E-state index in [0.717, 1.165) is 69.8 Å². The van der Waals surface area contributed by atoms with E-state index in [9.17, 15) is 24.3 Å². The minimum absolute atomic E-state index is 0.0444. The van der Waals surface area contributed by atoms with Crippen LogP contribution in [-0.2, 0) is 19.2 Å². The van der Waals surface area contributed by atoms with Crippen molar-refractivity contribution in [2.24, 2.45) is 29.6 Å². The molecule has 5 fully saturated rings. The van der Waals surface area contributed by atoms with Crippen molar-refractivity contribution >= 4 is 23.6 Å². The minimum Gasteiger partial charge on any atom is -0.502 e. The van der Waals surface area contributed by atoms with E-state index < -0.39 is 29.6 Å². The minimum atomic E-state index is -0.617. The number of nitrogens with zero attached hydrogens (tertiary/aromatic N) is 2. The van der Waals surface area contributed by atoms with Gasteiger partial charge in [-0.25, -0.2) is 0 Å². The molecule has 7 rings (SSSR count). The highest BCUT2D eigenvalue weighted by Crippen LogP contribution is 2.59. The highest BCUT2D eigenvalue weighted by atomic mass is 16.5. The summed E-state index contributed by atoms with van der Waals surface area (Å²) in [5.41, 5.74) is 1.67. The van der Waals surface area contributed by atoms with Crippen LogP contribution in [0.2, 0.25) is 0 Å². The number of phenols is 1. The van der Waals surface area contributed by atoms with Gasteiger partial charge in [0.05, 0.1) is 37.9 Å². The van der Waals surface area contributed by atoms with Crippen LogP contribution < -0.4 is 9.47 Å². The van der Waals surface area contributed by atoms with Crippen LogP contribution in [0.4, 0.5) is 0 Å². The van der Waals surface area contributed by atoms with Crippen LogP contribution in [-0.4, -0.2) is 64.8 Å². The molecule has 6 atom stereocenters. The fraction of sp³-hybridized carbons (Fsp3) is 0.647. The lowest BCUT2D eigenvalue weighted by atomic mass is 9.57. The summed E-state index contributed by atoms with van der Waals surface area (Å²) in [4.78, 5) is 59.6. The molecule has 0 spiro atoms. The van der Waals surface area contributed by atoms with Crippen LogP contribution in [0.25, 0.3) is 0 Å². The summed E-state index contributed by atoms with van der Waals surface area (Å²) in [7, 11) is 2.93. The molecule has 1 aromatic rings. The van der Waals surface area contributed by atoms with Crippen LogP contribution in [0.15, 0.2) is 23.8 Å². The molecule has 2 heterocycles. The summed E-state index contributed by atoms with van der Waals surface area (Å²) in [6.07, 6.45) is 12.5. The van der Waals surface area contributed by atoms with Gasteiger partial charge in [-0.05, 0) is 62.1 Å². The Labute approximate surface area is 252 Å². The van der Waals surface area contributed by atoms with E-state index >= 15 is 0 Å². The van der Waals surface area contributed by atoms with Gasteiger partial charge in [0.1, 0.15) is 0 Å². The summed E-state index contributed by atoms with van der Waals surface area (Å²) in [5, 5.41) is 10.7.